The molecular formula is C13H10FNO2. The monoisotopic (exact) mass is 231 g/mol. The van der Waals surface area contributed by atoms with Crippen molar-refractivity contribution >= 4 is 5.78 Å². The van der Waals surface area contributed by atoms with Crippen molar-refractivity contribution in [3.63, 3.8) is 0 Å². The van der Waals surface area contributed by atoms with Crippen LogP contribution in [0.5, 0.6) is 5.75 Å². The lowest BCUT2D eigenvalue weighted by Crippen LogP contribution is -2.07. The zero-order chi connectivity index (χ0) is 12.4. The topological polar surface area (TPSA) is 50.2 Å². The molecule has 0 spiro atoms. The van der Waals surface area contributed by atoms with Gasteiger partial charge in [0.1, 0.15) is 11.3 Å². The maximum atomic E-state index is 13.8. The highest BCUT2D eigenvalue weighted by atomic mass is 19.1. The molecule has 0 bridgehead atoms. The summed E-state index contributed by atoms with van der Waals surface area (Å²) in [5.74, 6) is -1.77. The van der Waals surface area contributed by atoms with Crippen LogP contribution in [0.25, 0.3) is 0 Å². The summed E-state index contributed by atoms with van der Waals surface area (Å²) in [4.78, 5) is 15.7. The Kier molecular flexibility index (Phi) is 2.87. The fourth-order valence-corrected chi connectivity index (χ4v) is 1.52. The highest BCUT2D eigenvalue weighted by Gasteiger charge is 2.20. The van der Waals surface area contributed by atoms with Crippen LogP contribution in [0, 0.1) is 12.7 Å². The first-order valence-electron chi connectivity index (χ1n) is 5.05. The summed E-state index contributed by atoms with van der Waals surface area (Å²) < 4.78 is 13.8. The summed E-state index contributed by atoms with van der Waals surface area (Å²) in [7, 11) is 0. The second-order valence-electron chi connectivity index (χ2n) is 3.61. The molecule has 0 aliphatic heterocycles. The molecule has 0 aliphatic carbocycles. The van der Waals surface area contributed by atoms with Crippen molar-refractivity contribution in [2.75, 3.05) is 0 Å². The Morgan fingerprint density at radius 2 is 1.94 bits per heavy atom. The Morgan fingerprint density at radius 1 is 1.29 bits per heavy atom. The SMILES string of the molecule is Cc1ncc(O)c(C(=O)c2ccccc2)c1F. The average Bonchev–Trinajstić information content (AvgIpc) is 2.35. The van der Waals surface area contributed by atoms with Crippen LogP contribution in [-0.2, 0) is 0 Å². The highest BCUT2D eigenvalue weighted by molar-refractivity contribution is 6.10. The number of hydrogen-bond donors (Lipinski definition) is 1. The molecule has 4 heteroatoms. The molecule has 1 aromatic carbocycles. The molecule has 1 heterocycles. The number of ketones is 1. The number of rotatable bonds is 2. The quantitative estimate of drug-likeness (QED) is 0.808. The predicted molar refractivity (Wildman–Crippen MR) is 60.5 cm³/mol. The van der Waals surface area contributed by atoms with Gasteiger partial charge in [0.2, 0.25) is 0 Å². The number of pyridine rings is 1. The Hall–Kier alpha value is -2.23. The van der Waals surface area contributed by atoms with E-state index in [9.17, 15) is 14.3 Å². The van der Waals surface area contributed by atoms with E-state index in [-0.39, 0.29) is 11.3 Å². The minimum Gasteiger partial charge on any atom is -0.505 e. The van der Waals surface area contributed by atoms with Crippen LogP contribution < -0.4 is 0 Å². The van der Waals surface area contributed by atoms with Gasteiger partial charge in [-0.25, -0.2) is 4.39 Å². The van der Waals surface area contributed by atoms with Crippen molar-refractivity contribution < 1.29 is 14.3 Å². The molecule has 0 atom stereocenters. The van der Waals surface area contributed by atoms with E-state index in [1.54, 1.807) is 30.3 Å². The highest BCUT2D eigenvalue weighted by Crippen LogP contribution is 2.23. The van der Waals surface area contributed by atoms with E-state index in [1.807, 2.05) is 0 Å². The molecule has 0 fully saturated rings. The Balaban J connectivity index is 2.56. The fourth-order valence-electron chi connectivity index (χ4n) is 1.52. The standard InChI is InChI=1S/C13H10FNO2/c1-8-12(14)11(10(16)7-15-8)13(17)9-5-3-2-4-6-9/h2-7,16H,1H3. The normalized spacial score (nSPS) is 10.2. The summed E-state index contributed by atoms with van der Waals surface area (Å²) in [6.07, 6.45) is 1.08. The number of aromatic hydroxyl groups is 1. The van der Waals surface area contributed by atoms with E-state index in [4.69, 9.17) is 0 Å². The van der Waals surface area contributed by atoms with Crippen LogP contribution in [0.1, 0.15) is 21.6 Å². The second-order valence-corrected chi connectivity index (χ2v) is 3.61. The molecule has 17 heavy (non-hydrogen) atoms. The Morgan fingerprint density at radius 3 is 2.59 bits per heavy atom. The minimum absolute atomic E-state index is 0.0853. The molecule has 0 saturated carbocycles. The van der Waals surface area contributed by atoms with Crippen LogP contribution in [0.3, 0.4) is 0 Å². The molecule has 0 amide bonds. The van der Waals surface area contributed by atoms with Crippen LogP contribution in [0.15, 0.2) is 36.5 Å². The first kappa shape index (κ1) is 11.3. The molecule has 0 aliphatic rings. The first-order chi connectivity index (χ1) is 8.11. The third-order valence-corrected chi connectivity index (χ3v) is 2.44. The van der Waals surface area contributed by atoms with E-state index in [0.29, 0.717) is 5.56 Å². The number of carbonyl (C=O) groups is 1. The zero-order valence-corrected chi connectivity index (χ0v) is 9.14. The molecule has 0 saturated heterocycles. The van der Waals surface area contributed by atoms with Gasteiger partial charge in [0.25, 0.3) is 0 Å². The Labute approximate surface area is 97.6 Å². The molecule has 2 rings (SSSR count). The minimum atomic E-state index is -0.779. The average molecular weight is 231 g/mol. The molecule has 2 aromatic rings. The zero-order valence-electron chi connectivity index (χ0n) is 9.14. The van der Waals surface area contributed by atoms with Gasteiger partial charge in [0, 0.05) is 5.56 Å². The third-order valence-electron chi connectivity index (χ3n) is 2.44. The molecule has 0 unspecified atom stereocenters. The second kappa shape index (κ2) is 4.33. The molecule has 86 valence electrons. The molecule has 0 radical (unpaired) electrons. The summed E-state index contributed by atoms with van der Waals surface area (Å²) in [5.41, 5.74) is 0.0816. The smallest absolute Gasteiger partial charge is 0.199 e. The van der Waals surface area contributed by atoms with Gasteiger partial charge in [-0.1, -0.05) is 30.3 Å². The van der Waals surface area contributed by atoms with Gasteiger partial charge in [-0.15, -0.1) is 0 Å². The Bertz CT molecular complexity index is 567. The summed E-state index contributed by atoms with van der Waals surface area (Å²) in [6, 6.07) is 8.24. The number of benzene rings is 1. The van der Waals surface area contributed by atoms with E-state index in [0.717, 1.165) is 6.20 Å². The van der Waals surface area contributed by atoms with Crippen molar-refractivity contribution in [3.8, 4) is 5.75 Å². The molecule has 1 N–H and O–H groups in total. The van der Waals surface area contributed by atoms with Gasteiger partial charge in [-0.3, -0.25) is 9.78 Å². The van der Waals surface area contributed by atoms with E-state index >= 15 is 0 Å². The number of hydrogen-bond acceptors (Lipinski definition) is 3. The van der Waals surface area contributed by atoms with Crippen molar-refractivity contribution in [2.45, 2.75) is 6.92 Å². The van der Waals surface area contributed by atoms with Crippen molar-refractivity contribution in [2.24, 2.45) is 0 Å². The first-order valence-corrected chi connectivity index (χ1v) is 5.05. The van der Waals surface area contributed by atoms with Crippen LogP contribution in [-0.4, -0.2) is 15.9 Å². The van der Waals surface area contributed by atoms with Crippen LogP contribution in [0.4, 0.5) is 4.39 Å². The van der Waals surface area contributed by atoms with Gasteiger partial charge in [-0.2, -0.15) is 0 Å². The largest absolute Gasteiger partial charge is 0.505 e. The van der Waals surface area contributed by atoms with Crippen molar-refractivity contribution in [1.29, 1.82) is 0 Å². The van der Waals surface area contributed by atoms with Gasteiger partial charge >= 0.3 is 0 Å². The number of aryl methyl sites for hydroxylation is 1. The van der Waals surface area contributed by atoms with Gasteiger partial charge in [0.15, 0.2) is 11.6 Å². The van der Waals surface area contributed by atoms with Crippen LogP contribution >= 0.6 is 0 Å². The van der Waals surface area contributed by atoms with Gasteiger partial charge < -0.3 is 5.11 Å². The lowest BCUT2D eigenvalue weighted by atomic mass is 10.0. The lowest BCUT2D eigenvalue weighted by molar-refractivity contribution is 0.103. The number of halogens is 1. The maximum absolute atomic E-state index is 13.8. The summed E-state index contributed by atoms with van der Waals surface area (Å²) >= 11 is 0. The van der Waals surface area contributed by atoms with Crippen molar-refractivity contribution in [1.82, 2.24) is 4.98 Å². The van der Waals surface area contributed by atoms with Crippen LogP contribution in [0.2, 0.25) is 0 Å². The van der Waals surface area contributed by atoms with Gasteiger partial charge in [0.05, 0.1) is 11.9 Å². The molecule has 1 aromatic heterocycles. The fraction of sp³-hybridized carbons (Fsp3) is 0.0769. The molecular weight excluding hydrogens is 221 g/mol. The maximum Gasteiger partial charge on any atom is 0.199 e. The third kappa shape index (κ3) is 2.01. The van der Waals surface area contributed by atoms with Gasteiger partial charge in [-0.05, 0) is 6.92 Å². The summed E-state index contributed by atoms with van der Waals surface area (Å²) in [5, 5.41) is 9.52. The van der Waals surface area contributed by atoms with E-state index in [2.05, 4.69) is 4.98 Å². The molecule has 3 nitrogen and oxygen atoms in total. The van der Waals surface area contributed by atoms with E-state index < -0.39 is 17.3 Å². The van der Waals surface area contributed by atoms with Crippen molar-refractivity contribution in [3.05, 3.63) is 59.2 Å². The number of carbonyl (C=O) groups excluding carboxylic acids is 1. The summed E-state index contributed by atoms with van der Waals surface area (Å²) in [6.45, 7) is 1.44. The number of nitrogens with zero attached hydrogens (tertiary/aromatic N) is 1. The van der Waals surface area contributed by atoms with E-state index in [1.165, 1.54) is 6.92 Å². The predicted octanol–water partition coefficient (Wildman–Crippen LogP) is 2.47. The lowest BCUT2D eigenvalue weighted by Gasteiger charge is -2.06. The number of aromatic nitrogens is 1.